The maximum atomic E-state index is 0. The summed E-state index contributed by atoms with van der Waals surface area (Å²) < 4.78 is 0. The van der Waals surface area contributed by atoms with E-state index in [1.165, 1.54) is 0 Å². The van der Waals surface area contributed by atoms with Crippen molar-refractivity contribution >= 4 is 0 Å². The number of halogens is 6. The summed E-state index contributed by atoms with van der Waals surface area (Å²) in [4.78, 5) is 0. The topological polar surface area (TPSA) is 0 Å². The van der Waals surface area contributed by atoms with Crippen LogP contribution in [0.15, 0.2) is 0 Å². The average Bonchev–Trinajstić information content (AvgIpc) is 0. The molecular formula is I6K-5. The summed E-state index contributed by atoms with van der Waals surface area (Å²) in [5.41, 5.74) is 0. The average molecular weight is 801 g/mol. The van der Waals surface area contributed by atoms with Crippen LogP contribution in [0.5, 0.6) is 0 Å². The van der Waals surface area contributed by atoms with Crippen molar-refractivity contribution in [3.05, 3.63) is 0 Å². The van der Waals surface area contributed by atoms with Crippen molar-refractivity contribution in [2.75, 3.05) is 0 Å². The van der Waals surface area contributed by atoms with Crippen LogP contribution in [0.4, 0.5) is 0 Å². The van der Waals surface area contributed by atoms with Gasteiger partial charge in [0.25, 0.3) is 0 Å². The van der Waals surface area contributed by atoms with Gasteiger partial charge in [-0.3, -0.25) is 0 Å². The molecule has 0 bridgehead atoms. The van der Waals surface area contributed by atoms with E-state index in [0.29, 0.717) is 0 Å². The Labute approximate surface area is 189 Å². The zero-order valence-electron chi connectivity index (χ0n) is 3.27. The summed E-state index contributed by atoms with van der Waals surface area (Å²) in [6.45, 7) is 0. The van der Waals surface area contributed by atoms with Crippen molar-refractivity contribution in [2.24, 2.45) is 0 Å². The summed E-state index contributed by atoms with van der Waals surface area (Å²) >= 11 is 0. The monoisotopic (exact) mass is 800 g/mol. The van der Waals surface area contributed by atoms with E-state index in [1.807, 2.05) is 0 Å². The standard InChI is InChI=1S/6HI.K/h6*1H;/q;;;;;;+1/p-6. The van der Waals surface area contributed by atoms with Crippen LogP contribution in [-0.2, 0) is 0 Å². The Balaban J connectivity index is 0. The minimum atomic E-state index is 0. The van der Waals surface area contributed by atoms with Crippen molar-refractivity contribution in [1.82, 2.24) is 0 Å². The van der Waals surface area contributed by atoms with Gasteiger partial charge in [-0.1, -0.05) is 0 Å². The summed E-state index contributed by atoms with van der Waals surface area (Å²) in [5.74, 6) is 0. The molecule has 0 aliphatic rings. The maximum Gasteiger partial charge on any atom is 1.00 e. The van der Waals surface area contributed by atoms with Gasteiger partial charge in [-0.25, -0.2) is 0 Å². The SMILES string of the molecule is [I-].[I-].[I-].[I-].[I-].[I-].[K+]. The smallest absolute Gasteiger partial charge is 1.00 e. The first-order chi connectivity index (χ1) is 0. The molecule has 0 atom stereocenters. The van der Waals surface area contributed by atoms with Gasteiger partial charge in [-0.05, 0) is 0 Å². The third-order valence-electron chi connectivity index (χ3n) is 0. The van der Waals surface area contributed by atoms with Crippen LogP contribution in [-0.4, -0.2) is 0 Å². The molecule has 0 N–H and O–H groups in total. The van der Waals surface area contributed by atoms with E-state index in [1.54, 1.807) is 0 Å². The predicted octanol–water partition coefficient (Wildman–Crippen LogP) is -21.0. The molecule has 0 nitrogen and oxygen atoms in total. The van der Waals surface area contributed by atoms with Crippen molar-refractivity contribution in [1.29, 1.82) is 0 Å². The molecule has 0 rings (SSSR count). The first-order valence-electron chi connectivity index (χ1n) is 0. The van der Waals surface area contributed by atoms with Gasteiger partial charge in [0.1, 0.15) is 0 Å². The first-order valence-corrected chi connectivity index (χ1v) is 0. The van der Waals surface area contributed by atoms with Crippen LogP contribution >= 0.6 is 0 Å². The molecule has 48 valence electrons. The molecule has 0 aromatic rings. The summed E-state index contributed by atoms with van der Waals surface area (Å²) in [5, 5.41) is 0. The molecule has 7 heavy (non-hydrogen) atoms. The van der Waals surface area contributed by atoms with E-state index >= 15 is 0 Å². The molecule has 0 aromatic heterocycles. The van der Waals surface area contributed by atoms with Crippen LogP contribution in [0.2, 0.25) is 0 Å². The molecule has 0 unspecified atom stereocenters. The number of hydrogen-bond acceptors (Lipinski definition) is 0. The van der Waals surface area contributed by atoms with Crippen molar-refractivity contribution < 1.29 is 195 Å². The van der Waals surface area contributed by atoms with E-state index in [0.717, 1.165) is 0 Å². The Bertz CT molecular complexity index is 4.14. The fourth-order valence-corrected chi connectivity index (χ4v) is 0. The van der Waals surface area contributed by atoms with Gasteiger partial charge in [0.2, 0.25) is 0 Å². The molecule has 0 radical (unpaired) electrons. The molecular weight excluding hydrogens is 801 g/mol. The first kappa shape index (κ1) is 51.9. The predicted molar refractivity (Wildman–Crippen MR) is 0 cm³/mol. The molecule has 0 spiro atoms. The third-order valence-corrected chi connectivity index (χ3v) is 0. The molecule has 0 aromatic carbocycles. The summed E-state index contributed by atoms with van der Waals surface area (Å²) in [6.07, 6.45) is 0. The molecule has 0 aliphatic carbocycles. The van der Waals surface area contributed by atoms with E-state index in [4.69, 9.17) is 0 Å². The van der Waals surface area contributed by atoms with Crippen LogP contribution < -0.4 is 195 Å². The molecule has 0 heterocycles. The molecule has 0 aliphatic heterocycles. The zero-order valence-corrected chi connectivity index (χ0v) is 19.3. The maximum absolute atomic E-state index is 0. The van der Waals surface area contributed by atoms with Crippen LogP contribution in [0.25, 0.3) is 0 Å². The quantitative estimate of drug-likeness (QED) is 0.169. The van der Waals surface area contributed by atoms with Gasteiger partial charge in [-0.15, -0.1) is 0 Å². The minimum Gasteiger partial charge on any atom is -1.00 e. The third kappa shape index (κ3) is 33.3. The van der Waals surface area contributed by atoms with Crippen molar-refractivity contribution in [3.63, 3.8) is 0 Å². The van der Waals surface area contributed by atoms with Gasteiger partial charge in [0.15, 0.2) is 0 Å². The molecule has 0 fully saturated rings. The van der Waals surface area contributed by atoms with Crippen molar-refractivity contribution in [2.45, 2.75) is 0 Å². The number of rotatable bonds is 0. The molecule has 0 saturated carbocycles. The van der Waals surface area contributed by atoms with Gasteiger partial charge in [0.05, 0.1) is 0 Å². The second-order valence-electron chi connectivity index (χ2n) is 0. The Kier molecular flexibility index (Phi) is 299. The second-order valence-corrected chi connectivity index (χ2v) is 0. The van der Waals surface area contributed by atoms with Crippen LogP contribution in [0, 0.1) is 0 Å². The van der Waals surface area contributed by atoms with Gasteiger partial charge in [-0.2, -0.15) is 0 Å². The largest absolute Gasteiger partial charge is 1.00 e. The van der Waals surface area contributed by atoms with E-state index in [-0.39, 0.29) is 195 Å². The van der Waals surface area contributed by atoms with E-state index < -0.39 is 0 Å². The summed E-state index contributed by atoms with van der Waals surface area (Å²) in [6, 6.07) is 0. The van der Waals surface area contributed by atoms with Gasteiger partial charge in [0, 0.05) is 0 Å². The van der Waals surface area contributed by atoms with Crippen molar-refractivity contribution in [3.8, 4) is 0 Å². The Morgan fingerprint density at radius 3 is 0.286 bits per heavy atom. The molecule has 0 amide bonds. The molecule has 0 saturated heterocycles. The molecule has 7 heteroatoms. The fourth-order valence-electron chi connectivity index (χ4n) is 0. The van der Waals surface area contributed by atoms with E-state index in [9.17, 15) is 0 Å². The number of hydrogen-bond donors (Lipinski definition) is 0. The minimum absolute atomic E-state index is 0. The van der Waals surface area contributed by atoms with Gasteiger partial charge < -0.3 is 144 Å². The van der Waals surface area contributed by atoms with Crippen LogP contribution in [0.1, 0.15) is 0 Å². The van der Waals surface area contributed by atoms with Gasteiger partial charge >= 0.3 is 51.4 Å². The van der Waals surface area contributed by atoms with E-state index in [2.05, 4.69) is 0 Å². The second kappa shape index (κ2) is 40.3. The van der Waals surface area contributed by atoms with Crippen LogP contribution in [0.3, 0.4) is 0 Å². The normalized spacial score (nSPS) is 0. The Morgan fingerprint density at radius 2 is 0.286 bits per heavy atom. The fraction of sp³-hybridized carbons (Fsp3) is 0. The summed E-state index contributed by atoms with van der Waals surface area (Å²) in [7, 11) is 0. The Hall–Kier alpha value is 6.02. The zero-order chi connectivity index (χ0) is 0. The Morgan fingerprint density at radius 1 is 0.286 bits per heavy atom.